The molecule has 0 aliphatic rings. The molecule has 0 aliphatic heterocycles. The molecule has 0 saturated heterocycles. The molecule has 0 saturated carbocycles. The Morgan fingerprint density at radius 2 is 1.86 bits per heavy atom. The summed E-state index contributed by atoms with van der Waals surface area (Å²) in [5.74, 6) is 0.649. The largest absolute Gasteiger partial charge is 0.497 e. The van der Waals surface area contributed by atoms with E-state index in [1.165, 1.54) is 12.8 Å². The van der Waals surface area contributed by atoms with Gasteiger partial charge in [-0.1, -0.05) is 56.5 Å². The molecule has 5 nitrogen and oxygen atoms in total. The third-order valence-electron chi connectivity index (χ3n) is 4.62. The monoisotopic (exact) mass is 377 g/mol. The Balaban J connectivity index is 1.89. The predicted octanol–water partition coefficient (Wildman–Crippen LogP) is 4.86. The fourth-order valence-corrected chi connectivity index (χ4v) is 3.08. The van der Waals surface area contributed by atoms with E-state index in [0.29, 0.717) is 12.2 Å². The first-order valence-corrected chi connectivity index (χ1v) is 9.81. The van der Waals surface area contributed by atoms with Crippen molar-refractivity contribution >= 4 is 5.91 Å². The van der Waals surface area contributed by atoms with E-state index >= 15 is 0 Å². The molecule has 3 rings (SSSR count). The van der Waals surface area contributed by atoms with Gasteiger partial charge < -0.3 is 10.1 Å². The van der Waals surface area contributed by atoms with E-state index in [4.69, 9.17) is 9.84 Å². The highest BCUT2D eigenvalue weighted by atomic mass is 16.5. The molecule has 2 aromatic carbocycles. The minimum Gasteiger partial charge on any atom is -0.497 e. The van der Waals surface area contributed by atoms with Crippen LogP contribution < -0.4 is 10.1 Å². The summed E-state index contributed by atoms with van der Waals surface area (Å²) < 4.78 is 7.02. The SMILES string of the molecule is CCCCCCNC(=O)c1cc(-c2cccc(OC)c2)nn1-c1ccccc1. The number of rotatable bonds is 9. The highest BCUT2D eigenvalue weighted by Crippen LogP contribution is 2.25. The molecule has 1 aromatic heterocycles. The van der Waals surface area contributed by atoms with E-state index < -0.39 is 0 Å². The van der Waals surface area contributed by atoms with Crippen LogP contribution in [0.3, 0.4) is 0 Å². The number of ether oxygens (including phenoxy) is 1. The van der Waals surface area contributed by atoms with Crippen LogP contribution in [0.5, 0.6) is 5.75 Å². The summed E-state index contributed by atoms with van der Waals surface area (Å²) >= 11 is 0. The molecular weight excluding hydrogens is 350 g/mol. The van der Waals surface area contributed by atoms with Crippen molar-refractivity contribution < 1.29 is 9.53 Å². The van der Waals surface area contributed by atoms with Gasteiger partial charge in [-0.25, -0.2) is 4.68 Å². The molecule has 0 bridgehead atoms. The number of nitrogens with zero attached hydrogens (tertiary/aromatic N) is 2. The van der Waals surface area contributed by atoms with E-state index in [-0.39, 0.29) is 5.91 Å². The lowest BCUT2D eigenvalue weighted by Gasteiger charge is -2.08. The Morgan fingerprint density at radius 3 is 2.61 bits per heavy atom. The molecule has 5 heteroatoms. The molecule has 0 spiro atoms. The number of para-hydroxylation sites is 1. The number of carbonyl (C=O) groups is 1. The van der Waals surface area contributed by atoms with Crippen molar-refractivity contribution in [3.05, 3.63) is 66.4 Å². The predicted molar refractivity (Wildman–Crippen MR) is 112 cm³/mol. The lowest BCUT2D eigenvalue weighted by Crippen LogP contribution is -2.26. The Morgan fingerprint density at radius 1 is 1.04 bits per heavy atom. The molecule has 0 radical (unpaired) electrons. The van der Waals surface area contributed by atoms with Crippen LogP contribution in [0, 0.1) is 0 Å². The van der Waals surface area contributed by atoms with Crippen LogP contribution in [0.2, 0.25) is 0 Å². The standard InChI is InChI=1S/C23H27N3O2/c1-3-4-5-9-15-24-23(27)22-17-21(18-11-10-14-20(16-18)28-2)25-26(22)19-12-7-6-8-13-19/h6-8,10-14,16-17H,3-5,9,15H2,1-2H3,(H,24,27). The molecule has 1 amide bonds. The highest BCUT2D eigenvalue weighted by Gasteiger charge is 2.17. The zero-order chi connectivity index (χ0) is 19.8. The van der Waals surface area contributed by atoms with Gasteiger partial charge in [-0.15, -0.1) is 0 Å². The number of methoxy groups -OCH3 is 1. The normalized spacial score (nSPS) is 10.6. The van der Waals surface area contributed by atoms with Crippen molar-refractivity contribution in [3.8, 4) is 22.7 Å². The Bertz CT molecular complexity index is 903. The van der Waals surface area contributed by atoms with Gasteiger partial charge in [-0.3, -0.25) is 4.79 Å². The number of unbranched alkanes of at least 4 members (excludes halogenated alkanes) is 3. The smallest absolute Gasteiger partial charge is 0.270 e. The number of carbonyl (C=O) groups excluding carboxylic acids is 1. The fraction of sp³-hybridized carbons (Fsp3) is 0.304. The summed E-state index contributed by atoms with van der Waals surface area (Å²) in [4.78, 5) is 12.8. The summed E-state index contributed by atoms with van der Waals surface area (Å²) in [7, 11) is 1.64. The van der Waals surface area contributed by atoms with E-state index in [2.05, 4.69) is 12.2 Å². The second kappa shape index (κ2) is 9.74. The third-order valence-corrected chi connectivity index (χ3v) is 4.62. The van der Waals surface area contributed by atoms with E-state index in [9.17, 15) is 4.79 Å². The van der Waals surface area contributed by atoms with E-state index in [1.54, 1.807) is 11.8 Å². The Kier molecular flexibility index (Phi) is 6.84. The van der Waals surface area contributed by atoms with E-state index in [0.717, 1.165) is 35.5 Å². The maximum Gasteiger partial charge on any atom is 0.270 e. The first-order chi connectivity index (χ1) is 13.7. The number of nitrogens with one attached hydrogen (secondary N) is 1. The van der Waals surface area contributed by atoms with E-state index in [1.807, 2.05) is 60.7 Å². The van der Waals surface area contributed by atoms with Gasteiger partial charge in [0.2, 0.25) is 0 Å². The molecule has 1 heterocycles. The van der Waals surface area contributed by atoms with Gasteiger partial charge in [0.1, 0.15) is 11.4 Å². The van der Waals surface area contributed by atoms with Crippen molar-refractivity contribution in [1.29, 1.82) is 0 Å². The quantitative estimate of drug-likeness (QED) is 0.542. The number of benzene rings is 2. The maximum absolute atomic E-state index is 12.8. The van der Waals surface area contributed by atoms with Crippen LogP contribution in [-0.4, -0.2) is 29.3 Å². The molecule has 1 N–H and O–H groups in total. The highest BCUT2D eigenvalue weighted by molar-refractivity contribution is 5.94. The van der Waals surface area contributed by atoms with Crippen molar-refractivity contribution in [2.45, 2.75) is 32.6 Å². The minimum atomic E-state index is -0.109. The summed E-state index contributed by atoms with van der Waals surface area (Å²) in [6, 6.07) is 19.2. The lowest BCUT2D eigenvalue weighted by atomic mass is 10.1. The number of hydrogen-bond donors (Lipinski definition) is 1. The molecular formula is C23H27N3O2. The summed E-state index contributed by atoms with van der Waals surface area (Å²) in [6.45, 7) is 2.85. The number of aromatic nitrogens is 2. The Hall–Kier alpha value is -3.08. The fourth-order valence-electron chi connectivity index (χ4n) is 3.08. The van der Waals surface area contributed by atoms with Gasteiger partial charge in [-0.05, 0) is 36.8 Å². The average molecular weight is 377 g/mol. The zero-order valence-corrected chi connectivity index (χ0v) is 16.5. The average Bonchev–Trinajstić information content (AvgIpc) is 3.20. The Labute approximate surface area is 166 Å². The van der Waals surface area contributed by atoms with Crippen molar-refractivity contribution in [3.63, 3.8) is 0 Å². The molecule has 0 atom stereocenters. The molecule has 146 valence electrons. The number of amides is 1. The molecule has 0 fully saturated rings. The minimum absolute atomic E-state index is 0.109. The third kappa shape index (κ3) is 4.80. The molecule has 0 unspecified atom stereocenters. The second-order valence-corrected chi connectivity index (χ2v) is 6.71. The van der Waals surface area contributed by atoms with Crippen LogP contribution in [0.4, 0.5) is 0 Å². The number of hydrogen-bond acceptors (Lipinski definition) is 3. The first kappa shape index (κ1) is 19.7. The second-order valence-electron chi connectivity index (χ2n) is 6.71. The molecule has 3 aromatic rings. The summed E-state index contributed by atoms with van der Waals surface area (Å²) in [5, 5.41) is 7.74. The topological polar surface area (TPSA) is 56.1 Å². The molecule has 0 aliphatic carbocycles. The summed E-state index contributed by atoms with van der Waals surface area (Å²) in [6.07, 6.45) is 4.49. The molecule has 28 heavy (non-hydrogen) atoms. The maximum atomic E-state index is 12.8. The van der Waals surface area contributed by atoms with Crippen LogP contribution in [0.15, 0.2) is 60.7 Å². The van der Waals surface area contributed by atoms with Crippen LogP contribution in [-0.2, 0) is 0 Å². The van der Waals surface area contributed by atoms with Gasteiger partial charge in [0.05, 0.1) is 18.5 Å². The van der Waals surface area contributed by atoms with Gasteiger partial charge in [0.15, 0.2) is 0 Å². The van der Waals surface area contributed by atoms with Crippen LogP contribution in [0.1, 0.15) is 43.1 Å². The van der Waals surface area contributed by atoms with Crippen LogP contribution in [0.25, 0.3) is 16.9 Å². The first-order valence-electron chi connectivity index (χ1n) is 9.81. The van der Waals surface area contributed by atoms with Gasteiger partial charge >= 0.3 is 0 Å². The van der Waals surface area contributed by atoms with Crippen molar-refractivity contribution in [2.24, 2.45) is 0 Å². The summed E-state index contributed by atoms with van der Waals surface area (Å²) in [5.41, 5.74) is 3.03. The zero-order valence-electron chi connectivity index (χ0n) is 16.5. The van der Waals surface area contributed by atoms with Gasteiger partial charge in [0, 0.05) is 12.1 Å². The lowest BCUT2D eigenvalue weighted by molar-refractivity contribution is 0.0945. The van der Waals surface area contributed by atoms with Crippen molar-refractivity contribution in [2.75, 3.05) is 13.7 Å². The van der Waals surface area contributed by atoms with Gasteiger partial charge in [-0.2, -0.15) is 5.10 Å². The van der Waals surface area contributed by atoms with Crippen LogP contribution >= 0.6 is 0 Å². The van der Waals surface area contributed by atoms with Gasteiger partial charge in [0.25, 0.3) is 5.91 Å². The van der Waals surface area contributed by atoms with Crippen molar-refractivity contribution in [1.82, 2.24) is 15.1 Å².